The van der Waals surface area contributed by atoms with Crippen molar-refractivity contribution in [1.82, 2.24) is 58.5 Å². The van der Waals surface area contributed by atoms with Gasteiger partial charge in [-0.25, -0.2) is 4.98 Å². The van der Waals surface area contributed by atoms with Gasteiger partial charge in [0.2, 0.25) is 0 Å². The second-order valence-corrected chi connectivity index (χ2v) is 25.7. The zero-order valence-corrected chi connectivity index (χ0v) is 58.9. The van der Waals surface area contributed by atoms with Crippen molar-refractivity contribution in [2.75, 3.05) is 21.3 Å². The summed E-state index contributed by atoms with van der Waals surface area (Å²) in [5, 5.41) is 27.3. The summed E-state index contributed by atoms with van der Waals surface area (Å²) >= 11 is 1.35. The number of fused-ring (bicyclic) bond motifs is 4. The molecule has 4 N–H and O–H groups in total. The molecule has 12 aromatic heterocycles. The number of aromatic nitrogens is 12. The second-order valence-electron chi connectivity index (χ2n) is 24.9. The van der Waals surface area contributed by atoms with Crippen LogP contribution in [0.25, 0.3) is 43.6 Å². The Morgan fingerprint density at radius 3 is 1.12 bits per heavy atom. The first-order valence-electron chi connectivity index (χ1n) is 33.4. The van der Waals surface area contributed by atoms with Gasteiger partial charge in [0, 0.05) is 126 Å². The summed E-state index contributed by atoms with van der Waals surface area (Å²) in [5.74, 6) is -0.195. The average Bonchev–Trinajstić information content (AvgIpc) is 1.66. The molecule has 0 fully saturated rings. The monoisotopic (exact) mass is 1400 g/mol. The molecular weight excluding hydrogens is 1330 g/mol. The van der Waals surface area contributed by atoms with E-state index in [4.69, 9.17) is 8.94 Å². The number of nitrogens with zero attached hydrogens (tertiary/aromatic N) is 12. The highest BCUT2D eigenvalue weighted by atomic mass is 32.1. The minimum atomic E-state index is -0.280. The Labute approximate surface area is 602 Å². The van der Waals surface area contributed by atoms with Crippen molar-refractivity contribution in [2.45, 2.75) is 74.6 Å². The minimum absolute atomic E-state index is 0.120. The number of para-hydroxylation sites is 4. The third-order valence-electron chi connectivity index (χ3n) is 17.3. The van der Waals surface area contributed by atoms with Crippen LogP contribution >= 0.6 is 11.3 Å². The van der Waals surface area contributed by atoms with Crippen LogP contribution in [-0.4, -0.2) is 82.2 Å². The summed E-state index contributed by atoms with van der Waals surface area (Å²) in [4.78, 5) is 72.3. The zero-order chi connectivity index (χ0) is 72.2. The van der Waals surface area contributed by atoms with Crippen LogP contribution in [0.2, 0.25) is 0 Å². The number of thiazole rings is 1. The fraction of sp³-hybridized carbons (Fsp3) is 0.136. The van der Waals surface area contributed by atoms with Crippen LogP contribution in [-0.2, 0) is 26.2 Å². The number of carbonyl (C=O) groups excluding carboxylic acids is 4. The fourth-order valence-electron chi connectivity index (χ4n) is 11.9. The maximum atomic E-state index is 12.6. The molecule has 12 heterocycles. The topological polar surface area (TPSA) is 266 Å². The van der Waals surface area contributed by atoms with Gasteiger partial charge in [0.25, 0.3) is 23.6 Å². The Morgan fingerprint density at radius 2 is 0.788 bits per heavy atom. The molecule has 104 heavy (non-hydrogen) atoms. The van der Waals surface area contributed by atoms with Crippen molar-refractivity contribution in [3.05, 3.63) is 321 Å². The largest absolute Gasteiger partial charge is 0.469 e. The molecule has 16 rings (SSSR count). The first-order valence-corrected chi connectivity index (χ1v) is 34.3. The van der Waals surface area contributed by atoms with Crippen LogP contribution in [0.15, 0.2) is 247 Å². The van der Waals surface area contributed by atoms with Crippen molar-refractivity contribution in [2.24, 2.45) is 0 Å². The lowest BCUT2D eigenvalue weighted by Gasteiger charge is -2.05. The van der Waals surface area contributed by atoms with E-state index in [1.807, 2.05) is 193 Å². The Balaban J connectivity index is 0.000000123. The molecule has 0 saturated heterocycles. The zero-order valence-electron chi connectivity index (χ0n) is 58.1. The highest BCUT2D eigenvalue weighted by molar-refractivity contribution is 7.12. The summed E-state index contributed by atoms with van der Waals surface area (Å²) in [6, 6.07) is 53.4. The molecule has 0 saturated carbocycles. The number of hydrogen-bond acceptors (Lipinski definition) is 15. The molecule has 16 aromatic rings. The number of carbonyl (C=O) groups is 4. The lowest BCUT2D eigenvalue weighted by atomic mass is 10.2. The quantitative estimate of drug-likeness (QED) is 0.0701. The van der Waals surface area contributed by atoms with Gasteiger partial charge in [0.1, 0.15) is 22.5 Å². The number of anilines is 4. The summed E-state index contributed by atoms with van der Waals surface area (Å²) in [5.41, 5.74) is 20.0. The summed E-state index contributed by atoms with van der Waals surface area (Å²) in [6.45, 7) is 16.0. The number of nitrogens with one attached hydrogen (secondary N) is 4. The van der Waals surface area contributed by atoms with Crippen molar-refractivity contribution in [3.63, 3.8) is 0 Å². The van der Waals surface area contributed by atoms with E-state index in [2.05, 4.69) is 116 Å². The number of pyridine rings is 4. The minimum Gasteiger partial charge on any atom is -0.469 e. The summed E-state index contributed by atoms with van der Waals surface area (Å²) in [7, 11) is 0. The molecule has 0 aliphatic heterocycles. The molecule has 518 valence electrons. The van der Waals surface area contributed by atoms with Crippen molar-refractivity contribution < 1.29 is 28.1 Å². The molecule has 22 nitrogen and oxygen atoms in total. The molecule has 0 radical (unpaired) electrons. The van der Waals surface area contributed by atoms with Gasteiger partial charge in [0.15, 0.2) is 5.69 Å². The highest BCUT2D eigenvalue weighted by Gasteiger charge is 2.21. The van der Waals surface area contributed by atoms with Gasteiger partial charge in [-0.05, 0) is 137 Å². The van der Waals surface area contributed by atoms with Crippen molar-refractivity contribution >= 4 is 101 Å². The number of hydrogen-bond donors (Lipinski definition) is 4. The van der Waals surface area contributed by atoms with Gasteiger partial charge in [-0.3, -0.25) is 39.1 Å². The van der Waals surface area contributed by atoms with Crippen LogP contribution in [0.5, 0.6) is 0 Å². The smallest absolute Gasteiger partial charge is 0.276 e. The highest BCUT2D eigenvalue weighted by Crippen LogP contribution is 2.32. The van der Waals surface area contributed by atoms with E-state index in [1.165, 1.54) is 30.1 Å². The Bertz CT molecular complexity index is 5270. The van der Waals surface area contributed by atoms with Gasteiger partial charge in [-0.2, -0.15) is 5.10 Å². The first kappa shape index (κ1) is 69.2. The van der Waals surface area contributed by atoms with E-state index in [0.29, 0.717) is 53.6 Å². The molecule has 0 spiro atoms. The van der Waals surface area contributed by atoms with Crippen LogP contribution in [0, 0.1) is 48.5 Å². The van der Waals surface area contributed by atoms with Crippen LogP contribution in [0.1, 0.15) is 103 Å². The van der Waals surface area contributed by atoms with E-state index in [-0.39, 0.29) is 29.3 Å². The maximum absolute atomic E-state index is 12.6. The number of furan rings is 1. The number of rotatable bonds is 16. The first-order chi connectivity index (χ1) is 50.5. The lowest BCUT2D eigenvalue weighted by molar-refractivity contribution is 0.101. The Kier molecular flexibility index (Phi) is 21.0. The van der Waals surface area contributed by atoms with Gasteiger partial charge < -0.3 is 48.5 Å². The molecule has 4 amide bonds. The van der Waals surface area contributed by atoms with Gasteiger partial charge in [-0.15, -0.1) is 16.4 Å². The molecule has 0 bridgehead atoms. The van der Waals surface area contributed by atoms with Crippen LogP contribution in [0.3, 0.4) is 0 Å². The molecule has 0 atom stereocenters. The number of benzene rings is 4. The van der Waals surface area contributed by atoms with E-state index in [0.717, 1.165) is 117 Å². The molecule has 23 heteroatoms. The van der Waals surface area contributed by atoms with E-state index in [1.54, 1.807) is 37.6 Å². The normalized spacial score (nSPS) is 11.0. The Hall–Kier alpha value is -13.3. The predicted octanol–water partition coefficient (Wildman–Crippen LogP) is 16.3. The van der Waals surface area contributed by atoms with Crippen molar-refractivity contribution in [3.8, 4) is 0 Å². The van der Waals surface area contributed by atoms with E-state index < -0.39 is 0 Å². The van der Waals surface area contributed by atoms with Crippen LogP contribution < -0.4 is 21.3 Å². The van der Waals surface area contributed by atoms with Crippen LogP contribution in [0.4, 0.5) is 22.7 Å². The van der Waals surface area contributed by atoms with E-state index >= 15 is 0 Å². The third-order valence-corrected chi connectivity index (χ3v) is 18.2. The van der Waals surface area contributed by atoms with Crippen molar-refractivity contribution in [1.29, 1.82) is 0 Å². The summed E-state index contributed by atoms with van der Waals surface area (Å²) < 4.78 is 18.6. The molecule has 0 unspecified atom stereocenters. The molecule has 0 aliphatic rings. The molecular formula is C81H72N16O6S. The van der Waals surface area contributed by atoms with Gasteiger partial charge >= 0.3 is 0 Å². The number of aryl methyl sites for hydroxylation is 7. The average molecular weight is 1400 g/mol. The fourth-order valence-corrected chi connectivity index (χ4v) is 12.6. The second kappa shape index (κ2) is 31.5. The predicted molar refractivity (Wildman–Crippen MR) is 405 cm³/mol. The maximum Gasteiger partial charge on any atom is 0.276 e. The van der Waals surface area contributed by atoms with E-state index in [9.17, 15) is 19.2 Å². The summed E-state index contributed by atoms with van der Waals surface area (Å²) in [6.07, 6.45) is 19.8. The Morgan fingerprint density at radius 1 is 0.404 bits per heavy atom. The third kappa shape index (κ3) is 16.3. The molecule has 0 aliphatic carbocycles. The standard InChI is InChI=1S/C21H19N3O2.C20H17N5O.C20H18N4O2.C20H18N4OS/c1-14-7-8-16(11-22-14)12-24-13-19(18-5-3-4-6-20(18)24)23-21(25)17-9-10-26-15(17)2;1-14-8-9-15(11-21-14)12-25-13-18(16-5-2-3-7-19(16)25)23-20(26)17-6-4-10-22-24-17;1-13-7-8-15(9-21-13)10-24-11-18(16-5-3-4-6-19(16)24)22-20(25)17-12-26-23-14(17)2;1-13-7-8-15(9-21-13)10-24-11-17(16-5-3-4-6-18(16)24)23-20(25)19-14(2)22-12-26-19/h3-11,13H,12H2,1-2H3,(H,23,25);2-11,13H,12H2,1H3,(H,23,26);3-9,11-12H,10H2,1-2H3,(H,22,25);3-9,11-12H,10H2,1-2H3,(H,23,25). The molecule has 4 aromatic carbocycles. The lowest BCUT2D eigenvalue weighted by Crippen LogP contribution is -2.13. The number of amides is 4. The van der Waals surface area contributed by atoms with Gasteiger partial charge in [-0.1, -0.05) is 102 Å². The van der Waals surface area contributed by atoms with Gasteiger partial charge in [0.05, 0.1) is 73.5 Å². The SMILES string of the molecule is Cc1ccc(Cn2cc(NC(=O)c3cccnn3)c3ccccc32)cn1.Cc1ccc(Cn2cc(NC(=O)c3ccoc3C)c3ccccc32)cn1.Cc1ccc(Cn2cc(NC(=O)c3conc3C)c3ccccc32)cn1.Cc1ccc(Cn2cc(NC(=O)c3scnc3C)c3ccccc32)cn1.